The van der Waals surface area contributed by atoms with Crippen molar-refractivity contribution in [1.82, 2.24) is 4.57 Å². The maximum atomic E-state index is 12.6. The van der Waals surface area contributed by atoms with Crippen molar-refractivity contribution in [3.8, 4) is 17.5 Å². The van der Waals surface area contributed by atoms with E-state index in [2.05, 4.69) is 97.7 Å². The van der Waals surface area contributed by atoms with Gasteiger partial charge in [0.2, 0.25) is 0 Å². The Kier molecular flexibility index (Phi) is 8.02. The number of ether oxygens (including phenoxy) is 1. The van der Waals surface area contributed by atoms with Gasteiger partial charge in [0.1, 0.15) is 0 Å². The van der Waals surface area contributed by atoms with Crippen LogP contribution in [0.4, 0.5) is 0 Å². The van der Waals surface area contributed by atoms with Crippen molar-refractivity contribution in [2.75, 3.05) is 6.61 Å². The fourth-order valence-electron chi connectivity index (χ4n) is 4.66. The summed E-state index contributed by atoms with van der Waals surface area (Å²) >= 11 is 7.04. The van der Waals surface area contributed by atoms with Gasteiger partial charge in [0.15, 0.2) is 0 Å². The van der Waals surface area contributed by atoms with Crippen molar-refractivity contribution in [3.63, 3.8) is 0 Å². The molecule has 5 aromatic rings. The molecule has 0 aliphatic heterocycles. The standard InChI is InChI=1S/C33H27Br2NO2/c1-3-5-23-10-14-31-29(19-23)30-20-25(33(37)38-16-4-2)11-15-32(30)36(31)28-12-8-22(9-13-28)6-7-24-17-26(34)21-27(35)18-24/h8-15,17-21H,3-5,16H2,1-2H3. The fourth-order valence-corrected chi connectivity index (χ4v) is 5.96. The average molecular weight is 629 g/mol. The smallest absolute Gasteiger partial charge is 0.338 e. The Morgan fingerprint density at radius 3 is 2.11 bits per heavy atom. The van der Waals surface area contributed by atoms with Crippen LogP contribution in [0.2, 0.25) is 0 Å². The molecule has 5 heteroatoms. The number of nitrogens with zero attached hydrogens (tertiary/aromatic N) is 1. The third kappa shape index (κ3) is 5.57. The molecular weight excluding hydrogens is 602 g/mol. The number of benzene rings is 4. The first kappa shape index (κ1) is 26.3. The van der Waals surface area contributed by atoms with Gasteiger partial charge in [-0.15, -0.1) is 0 Å². The average Bonchev–Trinajstić information content (AvgIpc) is 3.23. The van der Waals surface area contributed by atoms with Gasteiger partial charge in [0, 0.05) is 36.5 Å². The lowest BCUT2D eigenvalue weighted by Gasteiger charge is -2.09. The van der Waals surface area contributed by atoms with Crippen LogP contribution in [0.15, 0.2) is 87.8 Å². The SMILES string of the molecule is CCCOC(=O)c1ccc2c(c1)c1cc(CCC)ccc1n2-c1ccc(C#Cc2cc(Br)cc(Br)c2)cc1. The summed E-state index contributed by atoms with van der Waals surface area (Å²) < 4.78 is 9.64. The third-order valence-corrected chi connectivity index (χ3v) is 7.30. The Balaban J connectivity index is 1.58. The Morgan fingerprint density at radius 2 is 1.42 bits per heavy atom. The molecule has 0 amide bonds. The number of carbonyl (C=O) groups is 1. The summed E-state index contributed by atoms with van der Waals surface area (Å²) in [6, 6.07) is 26.8. The second-order valence-corrected chi connectivity index (χ2v) is 11.1. The Bertz CT molecular complexity index is 1680. The molecule has 0 atom stereocenters. The number of aryl methyl sites for hydroxylation is 1. The molecule has 0 unspecified atom stereocenters. The molecule has 0 N–H and O–H groups in total. The van der Waals surface area contributed by atoms with E-state index in [9.17, 15) is 4.79 Å². The van der Waals surface area contributed by atoms with E-state index >= 15 is 0 Å². The monoisotopic (exact) mass is 627 g/mol. The van der Waals surface area contributed by atoms with Gasteiger partial charge in [-0.3, -0.25) is 0 Å². The highest BCUT2D eigenvalue weighted by Gasteiger charge is 2.16. The van der Waals surface area contributed by atoms with Gasteiger partial charge in [-0.25, -0.2) is 4.79 Å². The number of hydrogen-bond acceptors (Lipinski definition) is 2. The van der Waals surface area contributed by atoms with Gasteiger partial charge >= 0.3 is 5.97 Å². The van der Waals surface area contributed by atoms with Crippen LogP contribution < -0.4 is 0 Å². The Morgan fingerprint density at radius 1 is 0.763 bits per heavy atom. The van der Waals surface area contributed by atoms with E-state index < -0.39 is 0 Å². The van der Waals surface area contributed by atoms with E-state index in [-0.39, 0.29) is 5.97 Å². The second kappa shape index (κ2) is 11.6. The molecule has 0 aliphatic carbocycles. The van der Waals surface area contributed by atoms with Gasteiger partial charge in [0.25, 0.3) is 0 Å². The van der Waals surface area contributed by atoms with E-state index in [0.29, 0.717) is 12.2 Å². The van der Waals surface area contributed by atoms with E-state index in [4.69, 9.17) is 4.74 Å². The predicted octanol–water partition coefficient (Wildman–Crippen LogP) is 9.23. The zero-order valence-corrected chi connectivity index (χ0v) is 24.5. The minimum Gasteiger partial charge on any atom is -0.462 e. The zero-order chi connectivity index (χ0) is 26.6. The molecule has 3 nitrogen and oxygen atoms in total. The van der Waals surface area contributed by atoms with E-state index in [0.717, 1.165) is 66.8 Å². The van der Waals surface area contributed by atoms with Crippen molar-refractivity contribution < 1.29 is 9.53 Å². The molecule has 0 saturated carbocycles. The topological polar surface area (TPSA) is 31.2 Å². The first-order chi connectivity index (χ1) is 18.5. The van der Waals surface area contributed by atoms with Crippen molar-refractivity contribution in [1.29, 1.82) is 0 Å². The molecule has 0 aliphatic rings. The van der Waals surface area contributed by atoms with Gasteiger partial charge in [0.05, 0.1) is 23.2 Å². The maximum Gasteiger partial charge on any atom is 0.338 e. The summed E-state index contributed by atoms with van der Waals surface area (Å²) in [5.41, 5.74) is 6.96. The first-order valence-electron chi connectivity index (χ1n) is 12.8. The molecule has 0 fully saturated rings. The third-order valence-electron chi connectivity index (χ3n) is 6.38. The lowest BCUT2D eigenvalue weighted by Crippen LogP contribution is -2.05. The Labute approximate surface area is 240 Å². The number of esters is 1. The molecule has 190 valence electrons. The summed E-state index contributed by atoms with van der Waals surface area (Å²) in [6.45, 7) is 4.61. The molecule has 0 saturated heterocycles. The van der Waals surface area contributed by atoms with Crippen molar-refractivity contribution in [2.45, 2.75) is 33.1 Å². The van der Waals surface area contributed by atoms with E-state index in [1.165, 1.54) is 5.56 Å². The summed E-state index contributed by atoms with van der Waals surface area (Å²) in [5, 5.41) is 2.19. The number of fused-ring (bicyclic) bond motifs is 3. The van der Waals surface area contributed by atoms with Gasteiger partial charge in [-0.1, -0.05) is 70.0 Å². The fraction of sp³-hybridized carbons (Fsp3) is 0.182. The quantitative estimate of drug-likeness (QED) is 0.139. The van der Waals surface area contributed by atoms with Crippen LogP contribution in [0.5, 0.6) is 0 Å². The van der Waals surface area contributed by atoms with Gasteiger partial charge in [-0.05, 0) is 91.2 Å². The molecule has 38 heavy (non-hydrogen) atoms. The van der Waals surface area contributed by atoms with Crippen LogP contribution in [-0.4, -0.2) is 17.1 Å². The zero-order valence-electron chi connectivity index (χ0n) is 21.4. The summed E-state index contributed by atoms with van der Waals surface area (Å²) in [5.74, 6) is 6.24. The highest BCUT2D eigenvalue weighted by molar-refractivity contribution is 9.11. The van der Waals surface area contributed by atoms with Crippen LogP contribution in [-0.2, 0) is 11.2 Å². The summed E-state index contributed by atoms with van der Waals surface area (Å²) in [7, 11) is 0. The highest BCUT2D eigenvalue weighted by atomic mass is 79.9. The molecule has 0 radical (unpaired) electrons. The van der Waals surface area contributed by atoms with Crippen LogP contribution in [0, 0.1) is 11.8 Å². The molecule has 4 aromatic carbocycles. The van der Waals surface area contributed by atoms with E-state index in [1.54, 1.807) is 0 Å². The van der Waals surface area contributed by atoms with Gasteiger partial charge in [-0.2, -0.15) is 0 Å². The molecule has 1 aromatic heterocycles. The highest BCUT2D eigenvalue weighted by Crippen LogP contribution is 2.34. The van der Waals surface area contributed by atoms with Crippen LogP contribution in [0.25, 0.3) is 27.5 Å². The van der Waals surface area contributed by atoms with Crippen molar-refractivity contribution >= 4 is 59.6 Å². The molecule has 1 heterocycles. The number of hydrogen-bond donors (Lipinski definition) is 0. The van der Waals surface area contributed by atoms with Gasteiger partial charge < -0.3 is 9.30 Å². The van der Waals surface area contributed by atoms with Crippen LogP contribution >= 0.6 is 31.9 Å². The summed E-state index contributed by atoms with van der Waals surface area (Å²) in [4.78, 5) is 12.6. The van der Waals surface area contributed by atoms with E-state index in [1.807, 2.05) is 43.3 Å². The molecule has 5 rings (SSSR count). The maximum absolute atomic E-state index is 12.6. The first-order valence-corrected chi connectivity index (χ1v) is 14.4. The predicted molar refractivity (Wildman–Crippen MR) is 163 cm³/mol. The molecule has 0 bridgehead atoms. The van der Waals surface area contributed by atoms with Crippen LogP contribution in [0.3, 0.4) is 0 Å². The lowest BCUT2D eigenvalue weighted by atomic mass is 10.0. The normalized spacial score (nSPS) is 10.9. The Hall–Kier alpha value is -3.33. The number of rotatable bonds is 6. The number of aromatic nitrogens is 1. The minimum atomic E-state index is -0.278. The lowest BCUT2D eigenvalue weighted by molar-refractivity contribution is 0.0505. The number of carbonyl (C=O) groups excluding carboxylic acids is 1. The van der Waals surface area contributed by atoms with Crippen molar-refractivity contribution in [2.24, 2.45) is 0 Å². The minimum absolute atomic E-state index is 0.278. The van der Waals surface area contributed by atoms with Crippen LogP contribution in [0.1, 0.15) is 53.7 Å². The summed E-state index contributed by atoms with van der Waals surface area (Å²) in [6.07, 6.45) is 2.90. The molecule has 0 spiro atoms. The number of halogens is 2. The largest absolute Gasteiger partial charge is 0.462 e. The second-order valence-electron chi connectivity index (χ2n) is 9.26. The van der Waals surface area contributed by atoms with Crippen molar-refractivity contribution in [3.05, 3.63) is 110 Å². The molecular formula is C33H27Br2NO2.